The third kappa shape index (κ3) is 2.86. The molecule has 1 aromatic rings. The van der Waals surface area contributed by atoms with E-state index in [-0.39, 0.29) is 17.4 Å². The smallest absolute Gasteiger partial charge is 0.354 e. The van der Waals surface area contributed by atoms with Crippen LogP contribution in [0.4, 0.5) is 0 Å². The Bertz CT molecular complexity index is 430. The number of H-pyrrole nitrogens is 1. The van der Waals surface area contributed by atoms with E-state index in [9.17, 15) is 9.59 Å². The van der Waals surface area contributed by atoms with Crippen LogP contribution in [0.25, 0.3) is 0 Å². The average Bonchev–Trinajstić information content (AvgIpc) is 2.79. The number of carboxylic acids is 1. The molecule has 0 fully saturated rings. The van der Waals surface area contributed by atoms with E-state index in [4.69, 9.17) is 9.84 Å². The monoisotopic (exact) mass is 255 g/mol. The second-order valence-corrected chi connectivity index (χ2v) is 3.83. The number of aromatic amines is 1. The lowest BCUT2D eigenvalue weighted by molar-refractivity contribution is 0.0561. The van der Waals surface area contributed by atoms with Gasteiger partial charge in [-0.15, -0.1) is 0 Å². The molecule has 7 nitrogen and oxygen atoms in total. The molecule has 0 aromatic carbocycles. The molecule has 1 unspecified atom stereocenters. The highest BCUT2D eigenvalue weighted by atomic mass is 16.5. The van der Waals surface area contributed by atoms with Crippen LogP contribution in [0.1, 0.15) is 34.8 Å². The van der Waals surface area contributed by atoms with E-state index in [2.05, 4.69) is 9.97 Å². The maximum Gasteiger partial charge on any atom is 0.354 e. The van der Waals surface area contributed by atoms with Gasteiger partial charge in [-0.05, 0) is 13.8 Å². The molecule has 0 spiro atoms. The second kappa shape index (κ2) is 6.15. The third-order valence-corrected chi connectivity index (χ3v) is 2.60. The number of carboxylic acid groups (broad SMARTS) is 1. The molecule has 0 saturated heterocycles. The molecule has 1 atom stereocenters. The minimum Gasteiger partial charge on any atom is -0.477 e. The fraction of sp³-hybridized carbons (Fsp3) is 0.545. The van der Waals surface area contributed by atoms with Gasteiger partial charge in [-0.2, -0.15) is 0 Å². The van der Waals surface area contributed by atoms with Gasteiger partial charge in [0, 0.05) is 13.7 Å². The maximum absolute atomic E-state index is 12.2. The summed E-state index contributed by atoms with van der Waals surface area (Å²) in [6.45, 7) is 4.48. The van der Waals surface area contributed by atoms with Crippen molar-refractivity contribution in [2.24, 2.45) is 0 Å². The Morgan fingerprint density at radius 1 is 1.61 bits per heavy atom. The average molecular weight is 255 g/mol. The zero-order valence-electron chi connectivity index (χ0n) is 10.6. The van der Waals surface area contributed by atoms with E-state index in [0.717, 1.165) is 0 Å². The van der Waals surface area contributed by atoms with Crippen LogP contribution in [0.5, 0.6) is 0 Å². The molecule has 1 rings (SSSR count). The van der Waals surface area contributed by atoms with E-state index in [1.165, 1.54) is 11.2 Å². The zero-order chi connectivity index (χ0) is 13.7. The molecule has 1 heterocycles. The number of nitrogens with one attached hydrogen (secondary N) is 1. The Morgan fingerprint density at radius 3 is 2.78 bits per heavy atom. The molecule has 2 N–H and O–H groups in total. The summed E-state index contributed by atoms with van der Waals surface area (Å²) in [4.78, 5) is 30.9. The lowest BCUT2D eigenvalue weighted by Crippen LogP contribution is -2.41. The number of methoxy groups -OCH3 is 1. The number of amides is 1. The number of hydrogen-bond acceptors (Lipinski definition) is 4. The van der Waals surface area contributed by atoms with Crippen LogP contribution < -0.4 is 0 Å². The van der Waals surface area contributed by atoms with Crippen molar-refractivity contribution in [1.29, 1.82) is 0 Å². The van der Waals surface area contributed by atoms with Crippen LogP contribution in [-0.2, 0) is 4.74 Å². The highest BCUT2D eigenvalue weighted by Crippen LogP contribution is 2.10. The maximum atomic E-state index is 12.2. The molecule has 1 amide bonds. The van der Waals surface area contributed by atoms with Gasteiger partial charge in [0.2, 0.25) is 0 Å². The Kier molecular flexibility index (Phi) is 4.85. The molecule has 100 valence electrons. The first-order chi connectivity index (χ1) is 8.52. The standard InChI is InChI=1S/C11H17N3O4/c1-4-14(7(2)5-18-3)10(15)8-9(11(16)17)13-6-12-8/h6-7H,4-5H2,1-3H3,(H,12,13)(H,16,17). The van der Waals surface area contributed by atoms with Crippen molar-refractivity contribution >= 4 is 11.9 Å². The topological polar surface area (TPSA) is 95.5 Å². The Balaban J connectivity index is 2.96. The number of aromatic carboxylic acids is 1. The lowest BCUT2D eigenvalue weighted by atomic mass is 10.2. The normalized spacial score (nSPS) is 12.2. The number of nitrogens with zero attached hydrogens (tertiary/aromatic N) is 2. The van der Waals surface area contributed by atoms with Crippen molar-refractivity contribution in [3.8, 4) is 0 Å². The summed E-state index contributed by atoms with van der Waals surface area (Å²) in [5, 5.41) is 8.93. The van der Waals surface area contributed by atoms with Crippen LogP contribution in [0, 0.1) is 0 Å². The van der Waals surface area contributed by atoms with E-state index in [0.29, 0.717) is 13.2 Å². The first kappa shape index (κ1) is 14.2. The van der Waals surface area contributed by atoms with Gasteiger partial charge in [0.1, 0.15) is 0 Å². The number of likely N-dealkylation sites (N-methyl/N-ethyl adjacent to an activating group) is 1. The lowest BCUT2D eigenvalue weighted by Gasteiger charge is -2.26. The predicted octanol–water partition coefficient (Wildman–Crippen LogP) is 0.605. The molecule has 0 bridgehead atoms. The van der Waals surface area contributed by atoms with Gasteiger partial charge in [-0.1, -0.05) is 0 Å². The Morgan fingerprint density at radius 2 is 2.28 bits per heavy atom. The fourth-order valence-corrected chi connectivity index (χ4v) is 1.74. The number of carbonyl (C=O) groups is 2. The highest BCUT2D eigenvalue weighted by molar-refractivity contribution is 6.02. The number of imidazole rings is 1. The quantitative estimate of drug-likeness (QED) is 0.776. The molecular weight excluding hydrogens is 238 g/mol. The number of hydrogen-bond donors (Lipinski definition) is 2. The van der Waals surface area contributed by atoms with Crippen LogP contribution in [-0.4, -0.2) is 58.2 Å². The SMILES string of the molecule is CCN(C(=O)c1nc[nH]c1C(=O)O)C(C)COC. The van der Waals surface area contributed by atoms with Gasteiger partial charge >= 0.3 is 5.97 Å². The van der Waals surface area contributed by atoms with E-state index < -0.39 is 11.9 Å². The van der Waals surface area contributed by atoms with Crippen molar-refractivity contribution in [1.82, 2.24) is 14.9 Å². The molecule has 1 aromatic heterocycles. The van der Waals surface area contributed by atoms with Crippen molar-refractivity contribution in [3.05, 3.63) is 17.7 Å². The molecular formula is C11H17N3O4. The highest BCUT2D eigenvalue weighted by Gasteiger charge is 2.26. The summed E-state index contributed by atoms with van der Waals surface area (Å²) < 4.78 is 4.99. The van der Waals surface area contributed by atoms with Crippen LogP contribution in [0.15, 0.2) is 6.33 Å². The van der Waals surface area contributed by atoms with Gasteiger partial charge in [0.05, 0.1) is 19.0 Å². The summed E-state index contributed by atoms with van der Waals surface area (Å²) in [5.74, 6) is -1.62. The molecule has 0 radical (unpaired) electrons. The van der Waals surface area contributed by atoms with E-state index in [1.54, 1.807) is 7.11 Å². The van der Waals surface area contributed by atoms with E-state index >= 15 is 0 Å². The van der Waals surface area contributed by atoms with Crippen molar-refractivity contribution in [2.45, 2.75) is 19.9 Å². The summed E-state index contributed by atoms with van der Waals surface area (Å²) in [5.41, 5.74) is -0.268. The van der Waals surface area contributed by atoms with Gasteiger partial charge < -0.3 is 19.7 Å². The van der Waals surface area contributed by atoms with Gasteiger partial charge in [-0.25, -0.2) is 9.78 Å². The van der Waals surface area contributed by atoms with Crippen LogP contribution in [0.3, 0.4) is 0 Å². The molecule has 0 aliphatic carbocycles. The van der Waals surface area contributed by atoms with Crippen molar-refractivity contribution in [3.63, 3.8) is 0 Å². The number of ether oxygens (including phenoxy) is 1. The zero-order valence-corrected chi connectivity index (χ0v) is 10.6. The first-order valence-corrected chi connectivity index (χ1v) is 5.59. The largest absolute Gasteiger partial charge is 0.477 e. The summed E-state index contributed by atoms with van der Waals surface area (Å²) in [6.07, 6.45) is 1.20. The number of rotatable bonds is 6. The van der Waals surface area contributed by atoms with Gasteiger partial charge in [0.15, 0.2) is 11.4 Å². The molecule has 0 aliphatic rings. The number of aromatic nitrogens is 2. The fourth-order valence-electron chi connectivity index (χ4n) is 1.74. The molecule has 7 heteroatoms. The molecule has 18 heavy (non-hydrogen) atoms. The second-order valence-electron chi connectivity index (χ2n) is 3.83. The minimum atomic E-state index is -1.20. The summed E-state index contributed by atoms with van der Waals surface area (Å²) in [7, 11) is 1.55. The third-order valence-electron chi connectivity index (χ3n) is 2.60. The first-order valence-electron chi connectivity index (χ1n) is 5.59. The van der Waals surface area contributed by atoms with E-state index in [1.807, 2.05) is 13.8 Å². The number of carbonyl (C=O) groups excluding carboxylic acids is 1. The Labute approximate surface area is 105 Å². The van der Waals surface area contributed by atoms with Crippen molar-refractivity contribution < 1.29 is 19.4 Å². The molecule has 0 saturated carbocycles. The Hall–Kier alpha value is -1.89. The summed E-state index contributed by atoms with van der Waals surface area (Å²) in [6, 6.07) is -0.147. The van der Waals surface area contributed by atoms with Crippen LogP contribution in [0.2, 0.25) is 0 Å². The predicted molar refractivity (Wildman–Crippen MR) is 63.6 cm³/mol. The minimum absolute atomic E-state index is 0.0766. The van der Waals surface area contributed by atoms with Gasteiger partial charge in [-0.3, -0.25) is 4.79 Å². The summed E-state index contributed by atoms with van der Waals surface area (Å²) >= 11 is 0. The van der Waals surface area contributed by atoms with Crippen molar-refractivity contribution in [2.75, 3.05) is 20.3 Å². The van der Waals surface area contributed by atoms with Crippen LogP contribution >= 0.6 is 0 Å². The van der Waals surface area contributed by atoms with Gasteiger partial charge in [0.25, 0.3) is 5.91 Å². The molecule has 0 aliphatic heterocycles.